The lowest BCUT2D eigenvalue weighted by Crippen LogP contribution is -2.47. The number of hydrogen-bond acceptors (Lipinski definition) is 3. The molecule has 0 amide bonds. The second kappa shape index (κ2) is 4.18. The number of nitrogens with zero attached hydrogens (tertiary/aromatic N) is 2. The van der Waals surface area contributed by atoms with Crippen molar-refractivity contribution in [2.24, 2.45) is 0 Å². The van der Waals surface area contributed by atoms with Crippen molar-refractivity contribution >= 4 is 10.0 Å². The van der Waals surface area contributed by atoms with E-state index in [2.05, 4.69) is 9.97 Å². The molecule has 2 atom stereocenters. The summed E-state index contributed by atoms with van der Waals surface area (Å²) in [5, 5.41) is 0.188. The van der Waals surface area contributed by atoms with Gasteiger partial charge in [0.1, 0.15) is 0 Å². The van der Waals surface area contributed by atoms with E-state index >= 15 is 0 Å². The fourth-order valence-corrected chi connectivity index (χ4v) is 4.15. The number of imidazole rings is 1. The van der Waals surface area contributed by atoms with E-state index < -0.39 is 10.0 Å². The van der Waals surface area contributed by atoms with Gasteiger partial charge < -0.3 is 4.98 Å². The normalized spacial score (nSPS) is 28.1. The Hall–Kier alpha value is -0.880. The third kappa shape index (κ3) is 1.87. The quantitative estimate of drug-likeness (QED) is 0.853. The van der Waals surface area contributed by atoms with Crippen molar-refractivity contribution in [3.63, 3.8) is 0 Å². The lowest BCUT2D eigenvalue weighted by molar-refractivity contribution is 0.204. The van der Waals surface area contributed by atoms with Crippen molar-refractivity contribution in [1.82, 2.24) is 14.3 Å². The molecule has 0 radical (unpaired) electrons. The topological polar surface area (TPSA) is 66.1 Å². The van der Waals surface area contributed by atoms with Crippen LogP contribution in [0.3, 0.4) is 0 Å². The average molecular weight is 243 g/mol. The van der Waals surface area contributed by atoms with Gasteiger partial charge in [-0.1, -0.05) is 6.42 Å². The first-order valence-electron chi connectivity index (χ1n) is 5.55. The van der Waals surface area contributed by atoms with Gasteiger partial charge in [0.25, 0.3) is 10.0 Å². The van der Waals surface area contributed by atoms with Gasteiger partial charge in [-0.15, -0.1) is 0 Å². The molecular formula is C10H17N3O2S. The van der Waals surface area contributed by atoms with Gasteiger partial charge in [-0.3, -0.25) is 0 Å². The summed E-state index contributed by atoms with van der Waals surface area (Å²) in [4.78, 5) is 6.45. The van der Waals surface area contributed by atoms with E-state index in [1.165, 1.54) is 12.5 Å². The molecule has 2 rings (SSSR count). The summed E-state index contributed by atoms with van der Waals surface area (Å²) in [6, 6.07) is 0.133. The third-order valence-electron chi connectivity index (χ3n) is 3.14. The van der Waals surface area contributed by atoms with Gasteiger partial charge in [0.2, 0.25) is 0 Å². The van der Waals surface area contributed by atoms with E-state index in [-0.39, 0.29) is 17.1 Å². The minimum Gasteiger partial charge on any atom is -0.335 e. The number of piperidine rings is 1. The highest BCUT2D eigenvalue weighted by Gasteiger charge is 2.36. The van der Waals surface area contributed by atoms with Crippen molar-refractivity contribution in [3.8, 4) is 0 Å². The molecule has 1 aromatic rings. The SMILES string of the molecule is C[C@@H]1CCC[C@H](C)N1S(=O)(=O)c1cnc[nH]1. The lowest BCUT2D eigenvalue weighted by atomic mass is 10.0. The molecular weight excluding hydrogens is 226 g/mol. The summed E-state index contributed by atoms with van der Waals surface area (Å²) in [7, 11) is -3.40. The molecule has 5 nitrogen and oxygen atoms in total. The van der Waals surface area contributed by atoms with E-state index in [0.717, 1.165) is 19.3 Å². The first-order chi connectivity index (χ1) is 7.53. The zero-order valence-corrected chi connectivity index (χ0v) is 10.4. The van der Waals surface area contributed by atoms with Crippen LogP contribution in [0.1, 0.15) is 33.1 Å². The minimum atomic E-state index is -3.40. The zero-order valence-electron chi connectivity index (χ0n) is 9.55. The van der Waals surface area contributed by atoms with Crippen LogP contribution in [0.2, 0.25) is 0 Å². The van der Waals surface area contributed by atoms with Gasteiger partial charge >= 0.3 is 0 Å². The molecule has 90 valence electrons. The number of aromatic amines is 1. The lowest BCUT2D eigenvalue weighted by Gasteiger charge is -2.37. The van der Waals surface area contributed by atoms with Crippen LogP contribution >= 0.6 is 0 Å². The summed E-state index contributed by atoms with van der Waals surface area (Å²) < 4.78 is 26.2. The van der Waals surface area contributed by atoms with Crippen LogP contribution in [-0.2, 0) is 10.0 Å². The van der Waals surface area contributed by atoms with Crippen LogP contribution < -0.4 is 0 Å². The van der Waals surface area contributed by atoms with Gasteiger partial charge in [-0.25, -0.2) is 13.4 Å². The average Bonchev–Trinajstić information content (AvgIpc) is 2.69. The van der Waals surface area contributed by atoms with Crippen molar-refractivity contribution < 1.29 is 8.42 Å². The molecule has 0 aliphatic carbocycles. The van der Waals surface area contributed by atoms with Crippen LogP contribution in [0, 0.1) is 0 Å². The van der Waals surface area contributed by atoms with Gasteiger partial charge in [0.05, 0.1) is 12.5 Å². The van der Waals surface area contributed by atoms with Gasteiger partial charge in [-0.2, -0.15) is 4.31 Å². The highest BCUT2D eigenvalue weighted by molar-refractivity contribution is 7.89. The molecule has 2 heterocycles. The Balaban J connectivity index is 2.36. The Morgan fingerprint density at radius 2 is 2.00 bits per heavy atom. The maximum Gasteiger partial charge on any atom is 0.260 e. The van der Waals surface area contributed by atoms with Crippen molar-refractivity contribution in [1.29, 1.82) is 0 Å². The second-order valence-corrected chi connectivity index (χ2v) is 6.19. The van der Waals surface area contributed by atoms with Crippen molar-refractivity contribution in [2.75, 3.05) is 0 Å². The van der Waals surface area contributed by atoms with E-state index in [1.807, 2.05) is 13.8 Å². The monoisotopic (exact) mass is 243 g/mol. The molecule has 1 N–H and O–H groups in total. The van der Waals surface area contributed by atoms with Crippen LogP contribution in [-0.4, -0.2) is 34.8 Å². The largest absolute Gasteiger partial charge is 0.335 e. The third-order valence-corrected chi connectivity index (χ3v) is 5.20. The summed E-state index contributed by atoms with van der Waals surface area (Å²) in [6.07, 6.45) is 5.71. The molecule has 0 spiro atoms. The maximum atomic E-state index is 12.3. The molecule has 1 aromatic heterocycles. The number of hydrogen-bond donors (Lipinski definition) is 1. The Kier molecular flexibility index (Phi) is 3.03. The smallest absolute Gasteiger partial charge is 0.260 e. The van der Waals surface area contributed by atoms with E-state index in [9.17, 15) is 8.42 Å². The number of nitrogens with one attached hydrogen (secondary N) is 1. The predicted molar refractivity (Wildman–Crippen MR) is 60.4 cm³/mol. The summed E-state index contributed by atoms with van der Waals surface area (Å²) in [6.45, 7) is 3.92. The zero-order chi connectivity index (χ0) is 11.8. The first-order valence-corrected chi connectivity index (χ1v) is 6.99. The molecule has 1 aliphatic rings. The minimum absolute atomic E-state index is 0.0667. The van der Waals surface area contributed by atoms with Crippen LogP contribution in [0.15, 0.2) is 17.6 Å². The highest BCUT2D eigenvalue weighted by Crippen LogP contribution is 2.28. The van der Waals surface area contributed by atoms with Crippen molar-refractivity contribution in [3.05, 3.63) is 12.5 Å². The van der Waals surface area contributed by atoms with Gasteiger partial charge in [0.15, 0.2) is 5.03 Å². The summed E-state index contributed by atoms with van der Waals surface area (Å²) in [5.41, 5.74) is 0. The Morgan fingerprint density at radius 3 is 2.50 bits per heavy atom. The molecule has 0 saturated carbocycles. The van der Waals surface area contributed by atoms with E-state index in [4.69, 9.17) is 0 Å². The summed E-state index contributed by atoms with van der Waals surface area (Å²) in [5.74, 6) is 0. The maximum absolute atomic E-state index is 12.3. The standard InChI is InChI=1S/C10H17N3O2S/c1-8-4-3-5-9(2)13(8)16(14,15)10-6-11-7-12-10/h6-9H,3-5H2,1-2H3,(H,11,12)/t8-,9+. The van der Waals surface area contributed by atoms with Gasteiger partial charge in [0, 0.05) is 12.1 Å². The molecule has 0 unspecified atom stereocenters. The summed E-state index contributed by atoms with van der Waals surface area (Å²) >= 11 is 0. The molecule has 6 heteroatoms. The molecule has 1 fully saturated rings. The molecule has 1 aliphatic heterocycles. The fourth-order valence-electron chi connectivity index (χ4n) is 2.37. The van der Waals surface area contributed by atoms with Crippen LogP contribution in [0.4, 0.5) is 0 Å². The predicted octanol–water partition coefficient (Wildman–Crippen LogP) is 1.36. The molecule has 16 heavy (non-hydrogen) atoms. The van der Waals surface area contributed by atoms with E-state index in [1.54, 1.807) is 4.31 Å². The number of H-pyrrole nitrogens is 1. The van der Waals surface area contributed by atoms with Gasteiger partial charge in [-0.05, 0) is 26.7 Å². The van der Waals surface area contributed by atoms with Crippen LogP contribution in [0.25, 0.3) is 0 Å². The van der Waals surface area contributed by atoms with Crippen LogP contribution in [0.5, 0.6) is 0 Å². The number of sulfonamides is 1. The molecule has 0 aromatic carbocycles. The Morgan fingerprint density at radius 1 is 1.38 bits per heavy atom. The second-order valence-electron chi connectivity index (χ2n) is 4.38. The van der Waals surface area contributed by atoms with E-state index in [0.29, 0.717) is 0 Å². The fraction of sp³-hybridized carbons (Fsp3) is 0.700. The van der Waals surface area contributed by atoms with Crippen molar-refractivity contribution in [2.45, 2.75) is 50.2 Å². The Bertz CT molecular complexity index is 431. The molecule has 1 saturated heterocycles. The molecule has 0 bridgehead atoms. The highest BCUT2D eigenvalue weighted by atomic mass is 32.2. The Labute approximate surface area is 95.9 Å². The first kappa shape index (κ1) is 11.6. The number of rotatable bonds is 2. The number of aromatic nitrogens is 2.